The summed E-state index contributed by atoms with van der Waals surface area (Å²) in [6.45, 7) is 6.51. The van der Waals surface area contributed by atoms with E-state index in [9.17, 15) is 4.79 Å². The molecule has 1 fully saturated rings. The molecule has 102 valence electrons. The number of carboxylic acids is 1. The molecule has 4 heteroatoms. The number of rotatable bonds is 3. The molecule has 0 amide bonds. The minimum atomic E-state index is -0.913. The van der Waals surface area contributed by atoms with E-state index in [1.54, 1.807) is 6.08 Å². The van der Waals surface area contributed by atoms with Crippen molar-refractivity contribution in [1.29, 1.82) is 0 Å². The molecule has 1 unspecified atom stereocenters. The zero-order valence-electron chi connectivity index (χ0n) is 11.3. The summed E-state index contributed by atoms with van der Waals surface area (Å²) >= 11 is 2.02. The summed E-state index contributed by atoms with van der Waals surface area (Å²) in [5.74, 6) is 0.255. The summed E-state index contributed by atoms with van der Waals surface area (Å²) in [6, 6.07) is 6.12. The van der Waals surface area contributed by atoms with Gasteiger partial charge >= 0.3 is 5.97 Å². The first kappa shape index (κ1) is 14.0. The summed E-state index contributed by atoms with van der Waals surface area (Å²) < 4.78 is 0. The number of aryl methyl sites for hydroxylation is 1. The molecular formula is C15H19NO2S. The van der Waals surface area contributed by atoms with E-state index in [1.807, 2.05) is 23.9 Å². The normalized spacial score (nSPS) is 19.9. The van der Waals surface area contributed by atoms with Gasteiger partial charge in [0.1, 0.15) is 0 Å². The van der Waals surface area contributed by atoms with Crippen LogP contribution in [0, 0.1) is 6.92 Å². The number of anilines is 1. The second kappa shape index (κ2) is 6.15. The molecule has 1 aliphatic rings. The molecule has 3 nitrogen and oxygen atoms in total. The first-order valence-electron chi connectivity index (χ1n) is 6.44. The van der Waals surface area contributed by atoms with E-state index in [4.69, 9.17) is 5.11 Å². The number of hydrogen-bond donors (Lipinski definition) is 1. The third kappa shape index (κ3) is 3.77. The van der Waals surface area contributed by atoms with Crippen molar-refractivity contribution in [2.24, 2.45) is 0 Å². The van der Waals surface area contributed by atoms with Crippen molar-refractivity contribution >= 4 is 29.5 Å². The largest absolute Gasteiger partial charge is 0.478 e. The fraction of sp³-hybridized carbons (Fsp3) is 0.400. The molecule has 1 aliphatic heterocycles. The molecule has 0 radical (unpaired) electrons. The lowest BCUT2D eigenvalue weighted by Gasteiger charge is -2.33. The van der Waals surface area contributed by atoms with Crippen LogP contribution >= 0.6 is 11.8 Å². The van der Waals surface area contributed by atoms with Crippen molar-refractivity contribution in [3.05, 3.63) is 35.4 Å². The topological polar surface area (TPSA) is 40.5 Å². The number of aliphatic carboxylic acids is 1. The predicted octanol–water partition coefficient (Wildman–Crippen LogP) is 3.03. The van der Waals surface area contributed by atoms with Crippen LogP contribution in [0.25, 0.3) is 6.08 Å². The van der Waals surface area contributed by atoms with Crippen molar-refractivity contribution in [2.75, 3.05) is 23.7 Å². The summed E-state index contributed by atoms with van der Waals surface area (Å²) in [7, 11) is 0. The van der Waals surface area contributed by atoms with Crippen LogP contribution in [-0.4, -0.2) is 35.2 Å². The van der Waals surface area contributed by atoms with Crippen molar-refractivity contribution in [3.8, 4) is 0 Å². The zero-order chi connectivity index (χ0) is 13.8. The van der Waals surface area contributed by atoms with Crippen LogP contribution in [0.1, 0.15) is 18.1 Å². The molecule has 0 saturated carbocycles. The Morgan fingerprint density at radius 3 is 2.95 bits per heavy atom. The van der Waals surface area contributed by atoms with Crippen molar-refractivity contribution < 1.29 is 9.90 Å². The average Bonchev–Trinajstić information content (AvgIpc) is 2.36. The minimum absolute atomic E-state index is 0.666. The highest BCUT2D eigenvalue weighted by molar-refractivity contribution is 8.00. The van der Waals surface area contributed by atoms with Gasteiger partial charge < -0.3 is 10.0 Å². The third-order valence-electron chi connectivity index (χ3n) is 3.22. The van der Waals surface area contributed by atoms with E-state index < -0.39 is 5.97 Å². The molecule has 1 aromatic carbocycles. The van der Waals surface area contributed by atoms with Crippen LogP contribution in [0.15, 0.2) is 24.3 Å². The Morgan fingerprint density at radius 2 is 2.32 bits per heavy atom. The van der Waals surface area contributed by atoms with Crippen LogP contribution in [0.4, 0.5) is 5.69 Å². The maximum absolute atomic E-state index is 10.5. The van der Waals surface area contributed by atoms with Crippen LogP contribution in [-0.2, 0) is 4.79 Å². The van der Waals surface area contributed by atoms with Gasteiger partial charge in [-0.05, 0) is 36.3 Å². The van der Waals surface area contributed by atoms with E-state index in [1.165, 1.54) is 23.1 Å². The van der Waals surface area contributed by atoms with Gasteiger partial charge in [-0.3, -0.25) is 0 Å². The van der Waals surface area contributed by atoms with Gasteiger partial charge in [0, 0.05) is 35.9 Å². The lowest BCUT2D eigenvalue weighted by molar-refractivity contribution is -0.131. The number of benzene rings is 1. The molecule has 1 atom stereocenters. The number of thioether (sulfide) groups is 1. The SMILES string of the molecule is Cc1cc(/C=C/C(=O)O)ccc1N1CCSC(C)C1. The smallest absolute Gasteiger partial charge is 0.328 e. The molecular weight excluding hydrogens is 258 g/mol. The lowest BCUT2D eigenvalue weighted by Crippen LogP contribution is -2.36. The minimum Gasteiger partial charge on any atom is -0.478 e. The molecule has 0 aliphatic carbocycles. The highest BCUT2D eigenvalue weighted by Gasteiger charge is 2.18. The fourth-order valence-electron chi connectivity index (χ4n) is 2.34. The molecule has 2 rings (SSSR count). The summed E-state index contributed by atoms with van der Waals surface area (Å²) in [5, 5.41) is 9.30. The van der Waals surface area contributed by atoms with Gasteiger partial charge in [0.25, 0.3) is 0 Å². The molecule has 0 aromatic heterocycles. The second-order valence-corrected chi connectivity index (χ2v) is 6.39. The number of carboxylic acid groups (broad SMARTS) is 1. The molecule has 1 heterocycles. The number of carbonyl (C=O) groups is 1. The Morgan fingerprint density at radius 1 is 1.53 bits per heavy atom. The van der Waals surface area contributed by atoms with Crippen LogP contribution in [0.2, 0.25) is 0 Å². The van der Waals surface area contributed by atoms with Gasteiger partial charge in [-0.15, -0.1) is 0 Å². The molecule has 1 aromatic rings. The Bertz CT molecular complexity index is 499. The monoisotopic (exact) mass is 277 g/mol. The first-order valence-corrected chi connectivity index (χ1v) is 7.49. The highest BCUT2D eigenvalue weighted by atomic mass is 32.2. The van der Waals surface area contributed by atoms with Crippen molar-refractivity contribution in [1.82, 2.24) is 0 Å². The predicted molar refractivity (Wildman–Crippen MR) is 82.0 cm³/mol. The van der Waals surface area contributed by atoms with E-state index in [2.05, 4.69) is 24.8 Å². The molecule has 0 spiro atoms. The van der Waals surface area contributed by atoms with Crippen LogP contribution in [0.5, 0.6) is 0 Å². The second-order valence-electron chi connectivity index (χ2n) is 4.84. The van der Waals surface area contributed by atoms with Crippen molar-refractivity contribution in [2.45, 2.75) is 19.1 Å². The van der Waals surface area contributed by atoms with E-state index in [0.717, 1.165) is 18.7 Å². The molecule has 0 bridgehead atoms. The maximum Gasteiger partial charge on any atom is 0.328 e. The van der Waals surface area contributed by atoms with Gasteiger partial charge in [-0.2, -0.15) is 11.8 Å². The Labute approximate surface area is 118 Å². The van der Waals surface area contributed by atoms with Gasteiger partial charge in [-0.1, -0.05) is 13.0 Å². The van der Waals surface area contributed by atoms with Crippen LogP contribution < -0.4 is 4.90 Å². The van der Waals surface area contributed by atoms with Gasteiger partial charge in [0.15, 0.2) is 0 Å². The molecule has 19 heavy (non-hydrogen) atoms. The lowest BCUT2D eigenvalue weighted by atomic mass is 10.1. The Hall–Kier alpha value is -1.42. The summed E-state index contributed by atoms with van der Waals surface area (Å²) in [4.78, 5) is 12.9. The van der Waals surface area contributed by atoms with Gasteiger partial charge in [0.05, 0.1) is 0 Å². The van der Waals surface area contributed by atoms with Crippen LogP contribution in [0.3, 0.4) is 0 Å². The third-order valence-corrected chi connectivity index (χ3v) is 4.36. The van der Waals surface area contributed by atoms with E-state index in [-0.39, 0.29) is 0 Å². The van der Waals surface area contributed by atoms with E-state index >= 15 is 0 Å². The quantitative estimate of drug-likeness (QED) is 0.862. The Kier molecular flexibility index (Phi) is 4.53. The molecule has 1 N–H and O–H groups in total. The Balaban J connectivity index is 2.17. The number of nitrogens with zero attached hydrogens (tertiary/aromatic N) is 1. The van der Waals surface area contributed by atoms with Crippen molar-refractivity contribution in [3.63, 3.8) is 0 Å². The fourth-order valence-corrected chi connectivity index (χ4v) is 3.36. The standard InChI is InChI=1S/C15H19NO2S/c1-11-9-13(4-6-15(17)18)3-5-14(11)16-7-8-19-12(2)10-16/h3-6,9,12H,7-8,10H2,1-2H3,(H,17,18)/b6-4+. The average molecular weight is 277 g/mol. The van der Waals surface area contributed by atoms with Gasteiger partial charge in [0.2, 0.25) is 0 Å². The number of hydrogen-bond acceptors (Lipinski definition) is 3. The first-order chi connectivity index (χ1) is 9.06. The zero-order valence-corrected chi connectivity index (χ0v) is 12.1. The molecule has 1 saturated heterocycles. The van der Waals surface area contributed by atoms with E-state index in [0.29, 0.717) is 5.25 Å². The van der Waals surface area contributed by atoms with Gasteiger partial charge in [-0.25, -0.2) is 4.79 Å². The summed E-state index contributed by atoms with van der Waals surface area (Å²) in [6.07, 6.45) is 2.81. The maximum atomic E-state index is 10.5. The summed E-state index contributed by atoms with van der Waals surface area (Å²) in [5.41, 5.74) is 3.40. The highest BCUT2D eigenvalue weighted by Crippen LogP contribution is 2.27.